The van der Waals surface area contributed by atoms with Crippen molar-refractivity contribution in [2.45, 2.75) is 25.3 Å². The van der Waals surface area contributed by atoms with Gasteiger partial charge in [0, 0.05) is 7.05 Å². The predicted molar refractivity (Wildman–Crippen MR) is 92.0 cm³/mol. The second-order valence-electron chi connectivity index (χ2n) is 5.66. The fourth-order valence-corrected chi connectivity index (χ4v) is 3.25. The molecular formula is C18H21NO4S. The monoisotopic (exact) mass is 347 g/mol. The largest absolute Gasteiger partial charge is 0.460 e. The molecule has 24 heavy (non-hydrogen) atoms. The van der Waals surface area contributed by atoms with Crippen LogP contribution < -0.4 is 0 Å². The SMILES string of the molecule is Cc1ccc(S(=O)(=O)N(C)CC(=O)OCc2ccccc2C)cc1. The van der Waals surface area contributed by atoms with E-state index in [0.29, 0.717) is 0 Å². The highest BCUT2D eigenvalue weighted by atomic mass is 32.2. The van der Waals surface area contributed by atoms with Gasteiger partial charge in [-0.3, -0.25) is 4.79 Å². The van der Waals surface area contributed by atoms with Gasteiger partial charge < -0.3 is 4.74 Å². The molecule has 0 saturated carbocycles. The molecule has 0 spiro atoms. The summed E-state index contributed by atoms with van der Waals surface area (Å²) in [4.78, 5) is 12.1. The lowest BCUT2D eigenvalue weighted by molar-refractivity contribution is -0.144. The van der Waals surface area contributed by atoms with Gasteiger partial charge in [-0.15, -0.1) is 0 Å². The van der Waals surface area contributed by atoms with Crippen molar-refractivity contribution >= 4 is 16.0 Å². The standard InChI is InChI=1S/C18H21NO4S/c1-14-8-10-17(11-9-14)24(21,22)19(3)12-18(20)23-13-16-7-5-4-6-15(16)2/h4-11H,12-13H2,1-3H3. The lowest BCUT2D eigenvalue weighted by Gasteiger charge is -2.16. The summed E-state index contributed by atoms with van der Waals surface area (Å²) in [6.45, 7) is 3.60. The van der Waals surface area contributed by atoms with Crippen molar-refractivity contribution < 1.29 is 17.9 Å². The van der Waals surface area contributed by atoms with Crippen molar-refractivity contribution in [3.8, 4) is 0 Å². The Morgan fingerprint density at radius 2 is 1.67 bits per heavy atom. The number of sulfonamides is 1. The maximum atomic E-state index is 12.4. The molecule has 128 valence electrons. The summed E-state index contributed by atoms with van der Waals surface area (Å²) in [5, 5.41) is 0. The summed E-state index contributed by atoms with van der Waals surface area (Å²) in [6.07, 6.45) is 0. The van der Waals surface area contributed by atoms with Gasteiger partial charge in [0.2, 0.25) is 10.0 Å². The van der Waals surface area contributed by atoms with Crippen LogP contribution in [0, 0.1) is 13.8 Å². The Kier molecular flexibility index (Phi) is 5.75. The maximum absolute atomic E-state index is 12.4. The molecule has 0 aliphatic rings. The lowest BCUT2D eigenvalue weighted by atomic mass is 10.1. The van der Waals surface area contributed by atoms with Gasteiger partial charge >= 0.3 is 5.97 Å². The molecule has 2 rings (SSSR count). The van der Waals surface area contributed by atoms with Crippen LogP contribution in [-0.2, 0) is 26.2 Å². The van der Waals surface area contributed by atoms with E-state index in [1.54, 1.807) is 12.1 Å². The van der Waals surface area contributed by atoms with Crippen molar-refractivity contribution in [3.05, 3.63) is 65.2 Å². The Morgan fingerprint density at radius 3 is 2.29 bits per heavy atom. The van der Waals surface area contributed by atoms with Crippen LogP contribution in [0.5, 0.6) is 0 Å². The van der Waals surface area contributed by atoms with E-state index in [1.165, 1.54) is 19.2 Å². The highest BCUT2D eigenvalue weighted by Gasteiger charge is 2.23. The van der Waals surface area contributed by atoms with E-state index in [4.69, 9.17) is 4.74 Å². The number of nitrogens with zero attached hydrogens (tertiary/aromatic N) is 1. The minimum Gasteiger partial charge on any atom is -0.460 e. The van der Waals surface area contributed by atoms with Crippen LogP contribution in [0.3, 0.4) is 0 Å². The van der Waals surface area contributed by atoms with Crippen LogP contribution in [-0.4, -0.2) is 32.3 Å². The van der Waals surface area contributed by atoms with Gasteiger partial charge in [-0.25, -0.2) is 8.42 Å². The molecule has 2 aromatic rings. The van der Waals surface area contributed by atoms with Gasteiger partial charge in [-0.2, -0.15) is 4.31 Å². The van der Waals surface area contributed by atoms with Crippen LogP contribution in [0.15, 0.2) is 53.4 Å². The van der Waals surface area contributed by atoms with Crippen molar-refractivity contribution in [3.63, 3.8) is 0 Å². The van der Waals surface area contributed by atoms with E-state index in [9.17, 15) is 13.2 Å². The number of carbonyl (C=O) groups excluding carboxylic acids is 1. The third kappa shape index (κ3) is 4.43. The molecular weight excluding hydrogens is 326 g/mol. The van der Waals surface area contributed by atoms with Crippen molar-refractivity contribution in [1.82, 2.24) is 4.31 Å². The molecule has 0 saturated heterocycles. The molecule has 2 aromatic carbocycles. The summed E-state index contributed by atoms with van der Waals surface area (Å²) in [7, 11) is -2.34. The maximum Gasteiger partial charge on any atom is 0.321 e. The second kappa shape index (κ2) is 7.59. The molecule has 0 radical (unpaired) electrons. The van der Waals surface area contributed by atoms with Crippen LogP contribution >= 0.6 is 0 Å². The summed E-state index contributed by atoms with van der Waals surface area (Å²) in [5.74, 6) is -0.587. The smallest absolute Gasteiger partial charge is 0.321 e. The summed E-state index contributed by atoms with van der Waals surface area (Å²) in [5.41, 5.74) is 2.88. The van der Waals surface area contributed by atoms with Gasteiger partial charge in [-0.05, 0) is 37.1 Å². The average Bonchev–Trinajstić information content (AvgIpc) is 2.54. The molecule has 0 N–H and O–H groups in total. The zero-order valence-corrected chi connectivity index (χ0v) is 14.8. The molecule has 0 bridgehead atoms. The highest BCUT2D eigenvalue weighted by Crippen LogP contribution is 2.15. The Hall–Kier alpha value is -2.18. The molecule has 0 unspecified atom stereocenters. The molecule has 0 fully saturated rings. The number of hydrogen-bond donors (Lipinski definition) is 0. The summed E-state index contributed by atoms with van der Waals surface area (Å²) in [6, 6.07) is 14.1. The Bertz CT molecular complexity index is 813. The van der Waals surface area contributed by atoms with Crippen LogP contribution in [0.25, 0.3) is 0 Å². The van der Waals surface area contributed by atoms with Crippen LogP contribution in [0.1, 0.15) is 16.7 Å². The van der Waals surface area contributed by atoms with Gasteiger partial charge in [0.05, 0.1) is 4.90 Å². The van der Waals surface area contributed by atoms with E-state index in [2.05, 4.69) is 0 Å². The highest BCUT2D eigenvalue weighted by molar-refractivity contribution is 7.89. The number of aryl methyl sites for hydroxylation is 2. The van der Waals surface area contributed by atoms with Gasteiger partial charge in [0.1, 0.15) is 13.2 Å². The number of hydrogen-bond acceptors (Lipinski definition) is 4. The fraction of sp³-hybridized carbons (Fsp3) is 0.278. The molecule has 5 nitrogen and oxygen atoms in total. The van der Waals surface area contributed by atoms with Gasteiger partial charge in [-0.1, -0.05) is 42.0 Å². The number of esters is 1. The van der Waals surface area contributed by atoms with Crippen molar-refractivity contribution in [1.29, 1.82) is 0 Å². The van der Waals surface area contributed by atoms with E-state index in [0.717, 1.165) is 21.0 Å². The molecule has 0 aromatic heterocycles. The Balaban J connectivity index is 1.98. The fourth-order valence-electron chi connectivity index (χ4n) is 2.13. The Morgan fingerprint density at radius 1 is 1.04 bits per heavy atom. The first-order chi connectivity index (χ1) is 11.3. The summed E-state index contributed by atoms with van der Waals surface area (Å²) < 4.78 is 31.0. The van der Waals surface area contributed by atoms with E-state index in [-0.39, 0.29) is 18.0 Å². The number of benzene rings is 2. The zero-order chi connectivity index (χ0) is 17.7. The van der Waals surface area contributed by atoms with Gasteiger partial charge in [0.25, 0.3) is 0 Å². The van der Waals surface area contributed by atoms with Crippen LogP contribution in [0.4, 0.5) is 0 Å². The first-order valence-corrected chi connectivity index (χ1v) is 8.98. The molecule has 0 aliphatic heterocycles. The van der Waals surface area contributed by atoms with E-state index in [1.807, 2.05) is 38.1 Å². The van der Waals surface area contributed by atoms with E-state index >= 15 is 0 Å². The van der Waals surface area contributed by atoms with E-state index < -0.39 is 16.0 Å². The van der Waals surface area contributed by atoms with Crippen molar-refractivity contribution in [2.24, 2.45) is 0 Å². The lowest BCUT2D eigenvalue weighted by Crippen LogP contribution is -2.33. The van der Waals surface area contributed by atoms with Gasteiger partial charge in [0.15, 0.2) is 0 Å². The van der Waals surface area contributed by atoms with Crippen LogP contribution in [0.2, 0.25) is 0 Å². The molecule has 0 aliphatic carbocycles. The Labute approximate surface area is 142 Å². The van der Waals surface area contributed by atoms with Crippen molar-refractivity contribution in [2.75, 3.05) is 13.6 Å². The molecule has 0 amide bonds. The predicted octanol–water partition coefficient (Wildman–Crippen LogP) is 2.67. The number of ether oxygens (including phenoxy) is 1. The molecule has 0 heterocycles. The second-order valence-corrected chi connectivity index (χ2v) is 7.71. The minimum atomic E-state index is -3.71. The third-order valence-corrected chi connectivity index (χ3v) is 5.55. The average molecular weight is 347 g/mol. The quantitative estimate of drug-likeness (QED) is 0.754. The molecule has 6 heteroatoms. The first kappa shape index (κ1) is 18.2. The third-order valence-electron chi connectivity index (χ3n) is 3.73. The molecule has 0 atom stereocenters. The summed E-state index contributed by atoms with van der Waals surface area (Å²) >= 11 is 0. The first-order valence-electron chi connectivity index (χ1n) is 7.54. The number of rotatable bonds is 6. The topological polar surface area (TPSA) is 63.7 Å². The normalized spacial score (nSPS) is 11.5. The number of likely N-dealkylation sites (N-methyl/N-ethyl adjacent to an activating group) is 1. The minimum absolute atomic E-state index is 0.129. The zero-order valence-electron chi connectivity index (χ0n) is 14.0. The number of carbonyl (C=O) groups is 1.